The summed E-state index contributed by atoms with van der Waals surface area (Å²) in [6.07, 6.45) is 1.86. The van der Waals surface area contributed by atoms with Crippen LogP contribution < -0.4 is 4.48 Å². The molecule has 0 aromatic heterocycles. The molecule has 1 N–H and O–H groups in total. The lowest BCUT2D eigenvalue weighted by Crippen LogP contribution is -2.65. The Morgan fingerprint density at radius 2 is 1.75 bits per heavy atom. The predicted octanol–water partition coefficient (Wildman–Crippen LogP) is 3.86. The van der Waals surface area contributed by atoms with Crippen molar-refractivity contribution in [3.05, 3.63) is 41.2 Å². The van der Waals surface area contributed by atoms with Crippen molar-refractivity contribution in [2.75, 3.05) is 6.54 Å². The van der Waals surface area contributed by atoms with Crippen molar-refractivity contribution >= 4 is 17.3 Å². The summed E-state index contributed by atoms with van der Waals surface area (Å²) in [6.45, 7) is 7.22. The monoisotopic (exact) mass is 238 g/mol. The van der Waals surface area contributed by atoms with Gasteiger partial charge in [0.2, 0.25) is 0 Å². The highest BCUT2D eigenvalue weighted by Crippen LogP contribution is 2.42. The Morgan fingerprint density at radius 1 is 1.19 bits per heavy atom. The van der Waals surface area contributed by atoms with Crippen molar-refractivity contribution in [1.29, 1.82) is 0 Å². The molecule has 0 bridgehead atoms. The number of rotatable bonds is 1. The fraction of sp³-hybridized carbons (Fsp3) is 0.385. The van der Waals surface area contributed by atoms with Gasteiger partial charge in [0.25, 0.3) is 5.88 Å². The summed E-state index contributed by atoms with van der Waals surface area (Å²) < 4.78 is 0.504. The van der Waals surface area contributed by atoms with Gasteiger partial charge in [-0.2, -0.15) is 0 Å². The maximum absolute atomic E-state index is 10.0. The average molecular weight is 239 g/mol. The molecule has 1 unspecified atom stereocenters. The number of nitrogens with zero attached hydrogens (tertiary/aromatic N) is 1. The molecule has 1 aromatic carbocycles. The Hall–Kier alpha value is -0.990. The van der Waals surface area contributed by atoms with Gasteiger partial charge in [-0.3, -0.25) is 0 Å². The van der Waals surface area contributed by atoms with Gasteiger partial charge in [0, 0.05) is 17.2 Å². The van der Waals surface area contributed by atoms with Crippen molar-refractivity contribution in [2.24, 2.45) is 0 Å². The minimum atomic E-state index is -0.0628. The normalized spacial score (nSPS) is 24.9. The second kappa shape index (κ2) is 3.51. The molecule has 1 atom stereocenters. The van der Waals surface area contributed by atoms with Crippen LogP contribution in [0, 0.1) is 0 Å². The van der Waals surface area contributed by atoms with Crippen LogP contribution in [0.5, 0.6) is 0 Å². The number of aliphatic hydroxyl groups is 1. The van der Waals surface area contributed by atoms with Crippen LogP contribution >= 0.6 is 11.6 Å². The Balaban J connectivity index is 2.51. The van der Waals surface area contributed by atoms with Crippen molar-refractivity contribution in [3.8, 4) is 0 Å². The summed E-state index contributed by atoms with van der Waals surface area (Å²) in [7, 11) is 0. The van der Waals surface area contributed by atoms with E-state index in [9.17, 15) is 5.11 Å². The van der Waals surface area contributed by atoms with Gasteiger partial charge in [-0.15, -0.1) is 0 Å². The van der Waals surface area contributed by atoms with Gasteiger partial charge >= 0.3 is 0 Å². The number of hydrogen-bond donors (Lipinski definition) is 1. The minimum Gasteiger partial charge on any atom is -0.467 e. The summed E-state index contributed by atoms with van der Waals surface area (Å²) >= 11 is 5.89. The first-order valence-corrected chi connectivity index (χ1v) is 5.80. The van der Waals surface area contributed by atoms with Gasteiger partial charge in [-0.05, 0) is 32.9 Å². The standard InChI is InChI=1S/C13H16ClNO/c1-13(2,3)15(9-8-12(15)16)11-6-4-10(14)5-7-11/h4-8H,9H2,1-3H3/p+1. The molecule has 0 aliphatic carbocycles. The largest absolute Gasteiger partial charge is 0.467 e. The topological polar surface area (TPSA) is 20.2 Å². The van der Waals surface area contributed by atoms with E-state index in [2.05, 4.69) is 20.8 Å². The summed E-state index contributed by atoms with van der Waals surface area (Å²) in [5, 5.41) is 10.7. The van der Waals surface area contributed by atoms with Gasteiger partial charge in [0.15, 0.2) is 0 Å². The number of hydrogen-bond acceptors (Lipinski definition) is 1. The predicted molar refractivity (Wildman–Crippen MR) is 68.6 cm³/mol. The smallest absolute Gasteiger partial charge is 0.296 e. The van der Waals surface area contributed by atoms with Crippen molar-refractivity contribution in [3.63, 3.8) is 0 Å². The molecular formula is C13H17ClNO+. The maximum atomic E-state index is 10.0. The number of quaternary nitrogens is 1. The molecule has 2 rings (SSSR count). The fourth-order valence-corrected chi connectivity index (χ4v) is 2.42. The van der Waals surface area contributed by atoms with Crippen molar-refractivity contribution in [2.45, 2.75) is 26.3 Å². The molecule has 86 valence electrons. The van der Waals surface area contributed by atoms with Crippen LogP contribution in [0.15, 0.2) is 36.2 Å². The quantitative estimate of drug-likeness (QED) is 0.737. The first kappa shape index (κ1) is 11.5. The third-order valence-electron chi connectivity index (χ3n) is 3.35. The van der Waals surface area contributed by atoms with Crippen LogP contribution in [0.25, 0.3) is 0 Å². The molecule has 16 heavy (non-hydrogen) atoms. The van der Waals surface area contributed by atoms with E-state index in [1.807, 2.05) is 30.3 Å². The zero-order valence-electron chi connectivity index (χ0n) is 9.87. The van der Waals surface area contributed by atoms with E-state index in [4.69, 9.17) is 11.6 Å². The van der Waals surface area contributed by atoms with E-state index in [0.29, 0.717) is 10.4 Å². The van der Waals surface area contributed by atoms with E-state index < -0.39 is 0 Å². The first-order valence-electron chi connectivity index (χ1n) is 5.42. The molecule has 0 spiro atoms. The third-order valence-corrected chi connectivity index (χ3v) is 3.60. The Labute approximate surface area is 101 Å². The van der Waals surface area contributed by atoms with Gasteiger partial charge < -0.3 is 5.11 Å². The van der Waals surface area contributed by atoms with Crippen molar-refractivity contribution in [1.82, 2.24) is 4.48 Å². The van der Waals surface area contributed by atoms with Crippen LogP contribution in [0.2, 0.25) is 5.02 Å². The molecule has 0 saturated heterocycles. The van der Waals surface area contributed by atoms with Crippen LogP contribution in [-0.4, -0.2) is 17.2 Å². The van der Waals surface area contributed by atoms with E-state index in [-0.39, 0.29) is 5.54 Å². The molecule has 1 aliphatic heterocycles. The zero-order valence-corrected chi connectivity index (χ0v) is 10.6. The summed E-state index contributed by atoms with van der Waals surface area (Å²) in [5.74, 6) is 0.426. The van der Waals surface area contributed by atoms with E-state index in [0.717, 1.165) is 17.3 Å². The lowest BCUT2D eigenvalue weighted by Gasteiger charge is -2.49. The molecular weight excluding hydrogens is 222 g/mol. The average Bonchev–Trinajstić information content (AvgIpc) is 2.17. The first-order chi connectivity index (χ1) is 7.38. The number of halogens is 1. The van der Waals surface area contributed by atoms with Gasteiger partial charge in [-0.25, -0.2) is 4.48 Å². The molecule has 3 heteroatoms. The van der Waals surface area contributed by atoms with Crippen LogP contribution in [0.1, 0.15) is 20.8 Å². The van der Waals surface area contributed by atoms with E-state index in [1.54, 1.807) is 0 Å². The molecule has 0 saturated carbocycles. The number of aliphatic hydroxyl groups excluding tert-OH is 1. The van der Waals surface area contributed by atoms with Gasteiger partial charge in [-0.1, -0.05) is 11.6 Å². The highest BCUT2D eigenvalue weighted by atomic mass is 35.5. The second-order valence-corrected chi connectivity index (χ2v) is 5.64. The molecule has 1 aliphatic rings. The summed E-state index contributed by atoms with van der Waals surface area (Å²) in [6, 6.07) is 7.70. The lowest BCUT2D eigenvalue weighted by molar-refractivity contribution is 0.0918. The summed E-state index contributed by atoms with van der Waals surface area (Å²) in [4.78, 5) is 0. The Kier molecular flexibility index (Phi) is 2.52. The highest BCUT2D eigenvalue weighted by molar-refractivity contribution is 6.30. The van der Waals surface area contributed by atoms with E-state index >= 15 is 0 Å². The van der Waals surface area contributed by atoms with Crippen LogP contribution in [0.4, 0.5) is 5.69 Å². The molecule has 0 radical (unpaired) electrons. The molecule has 0 amide bonds. The Bertz CT molecular complexity index is 430. The SMILES string of the molecule is CC(C)(C)[N+]1(c2ccc(Cl)cc2)CC=C1O. The molecule has 2 nitrogen and oxygen atoms in total. The van der Waals surface area contributed by atoms with Crippen molar-refractivity contribution < 1.29 is 5.11 Å². The lowest BCUT2D eigenvalue weighted by atomic mass is 9.95. The van der Waals surface area contributed by atoms with Crippen LogP contribution in [0.3, 0.4) is 0 Å². The second-order valence-electron chi connectivity index (χ2n) is 5.20. The molecule has 1 heterocycles. The third kappa shape index (κ3) is 1.45. The maximum Gasteiger partial charge on any atom is 0.296 e. The van der Waals surface area contributed by atoms with Crippen LogP contribution in [-0.2, 0) is 0 Å². The Morgan fingerprint density at radius 3 is 2.06 bits per heavy atom. The summed E-state index contributed by atoms with van der Waals surface area (Å²) in [5.41, 5.74) is 1.02. The van der Waals surface area contributed by atoms with Gasteiger partial charge in [0.1, 0.15) is 17.8 Å². The molecule has 1 aromatic rings. The van der Waals surface area contributed by atoms with E-state index in [1.165, 1.54) is 0 Å². The highest BCUT2D eigenvalue weighted by Gasteiger charge is 2.51. The number of benzene rings is 1. The van der Waals surface area contributed by atoms with Gasteiger partial charge in [0.05, 0.1) is 6.08 Å². The zero-order chi connectivity index (χ0) is 12.0. The molecule has 0 fully saturated rings. The fourth-order valence-electron chi connectivity index (χ4n) is 2.29. The minimum absolute atomic E-state index is 0.0628.